The molecule has 2 aromatic carbocycles. The fraction of sp³-hybridized carbons (Fsp3) is 0.379. The molecule has 182 valence electrons. The van der Waals surface area contributed by atoms with Gasteiger partial charge in [-0.15, -0.1) is 0 Å². The maximum atomic E-state index is 13.7. The third kappa shape index (κ3) is 5.12. The molecule has 0 radical (unpaired) electrons. The normalized spacial score (nSPS) is 23.1. The average molecular weight is 555 g/mol. The summed E-state index contributed by atoms with van der Waals surface area (Å²) in [5, 5.41) is 4.12. The molecule has 1 aliphatic heterocycles. The maximum Gasteiger partial charge on any atom is 0.337 e. The Kier molecular flexibility index (Phi) is 7.17. The van der Waals surface area contributed by atoms with Crippen LogP contribution in [0.15, 0.2) is 75.5 Å². The van der Waals surface area contributed by atoms with Crippen molar-refractivity contribution in [3.8, 4) is 0 Å². The van der Waals surface area contributed by atoms with Crippen LogP contribution in [0.5, 0.6) is 0 Å². The van der Waals surface area contributed by atoms with Gasteiger partial charge in [0, 0.05) is 38.8 Å². The van der Waals surface area contributed by atoms with E-state index < -0.39 is 5.92 Å². The molecular formula is C29H29BrClNO3. The quantitative estimate of drug-likeness (QED) is 0.402. The molecule has 35 heavy (non-hydrogen) atoms. The van der Waals surface area contributed by atoms with Crippen LogP contribution in [0.1, 0.15) is 74.8 Å². The van der Waals surface area contributed by atoms with Crippen LogP contribution in [-0.2, 0) is 14.3 Å². The van der Waals surface area contributed by atoms with E-state index in [1.165, 1.54) is 6.42 Å². The molecule has 4 nitrogen and oxygen atoms in total. The van der Waals surface area contributed by atoms with Crippen molar-refractivity contribution in [2.75, 3.05) is 0 Å². The van der Waals surface area contributed by atoms with Crippen LogP contribution in [0, 0.1) is 0 Å². The summed E-state index contributed by atoms with van der Waals surface area (Å²) >= 11 is 9.65. The summed E-state index contributed by atoms with van der Waals surface area (Å²) in [6.45, 7) is 1.92. The first-order valence-electron chi connectivity index (χ1n) is 12.4. The first-order valence-corrected chi connectivity index (χ1v) is 13.5. The molecule has 0 aromatic heterocycles. The number of rotatable bonds is 4. The predicted octanol–water partition coefficient (Wildman–Crippen LogP) is 7.34. The largest absolute Gasteiger partial charge is 0.459 e. The third-order valence-electron chi connectivity index (χ3n) is 7.40. The van der Waals surface area contributed by atoms with E-state index in [1.807, 2.05) is 55.5 Å². The Bertz CT molecular complexity index is 1210. The number of allylic oxidation sites excluding steroid dienone is 3. The highest BCUT2D eigenvalue weighted by atomic mass is 79.9. The molecule has 0 amide bonds. The monoisotopic (exact) mass is 553 g/mol. The number of Topliss-reactive ketones (excluding diaryl/α,β-unsaturated/α-hetero) is 1. The molecule has 5 rings (SSSR count). The first-order chi connectivity index (χ1) is 16.9. The molecule has 0 unspecified atom stereocenters. The molecule has 1 N–H and O–H groups in total. The van der Waals surface area contributed by atoms with Crippen LogP contribution in [0.3, 0.4) is 0 Å². The van der Waals surface area contributed by atoms with Gasteiger partial charge < -0.3 is 10.1 Å². The van der Waals surface area contributed by atoms with Crippen LogP contribution in [0.25, 0.3) is 0 Å². The number of carbonyl (C=O) groups is 2. The standard InChI is InChI=1S/C29H29BrClNO3/c1-17-26(29(34)35-23-8-3-2-4-9-23)27(19-6-5-7-21(30)14-19)28-24(32-17)15-20(16-25(28)33)18-10-12-22(31)13-11-18/h5-7,10-14,20,23,27,32H,2-4,8-9,15-16H2,1H3/t20-,27+/m1/s1. The summed E-state index contributed by atoms with van der Waals surface area (Å²) in [5.41, 5.74) is 4.91. The molecule has 1 fully saturated rings. The van der Waals surface area contributed by atoms with Crippen molar-refractivity contribution in [2.24, 2.45) is 0 Å². The number of hydrogen-bond acceptors (Lipinski definition) is 4. The molecule has 6 heteroatoms. The molecule has 0 bridgehead atoms. The van der Waals surface area contributed by atoms with E-state index in [4.69, 9.17) is 16.3 Å². The van der Waals surface area contributed by atoms with Crippen molar-refractivity contribution < 1.29 is 14.3 Å². The van der Waals surface area contributed by atoms with E-state index in [-0.39, 0.29) is 23.8 Å². The van der Waals surface area contributed by atoms with Crippen molar-refractivity contribution in [1.82, 2.24) is 5.32 Å². The van der Waals surface area contributed by atoms with Gasteiger partial charge in [0.25, 0.3) is 0 Å². The molecular weight excluding hydrogens is 526 g/mol. The molecule has 3 aliphatic rings. The van der Waals surface area contributed by atoms with Gasteiger partial charge in [-0.25, -0.2) is 4.79 Å². The summed E-state index contributed by atoms with van der Waals surface area (Å²) in [5.74, 6) is -0.624. The van der Waals surface area contributed by atoms with Crippen molar-refractivity contribution in [1.29, 1.82) is 0 Å². The number of esters is 1. The van der Waals surface area contributed by atoms with E-state index in [2.05, 4.69) is 21.2 Å². The van der Waals surface area contributed by atoms with Gasteiger partial charge in [0.1, 0.15) is 6.10 Å². The van der Waals surface area contributed by atoms with E-state index in [0.717, 1.165) is 52.7 Å². The van der Waals surface area contributed by atoms with Gasteiger partial charge in [-0.2, -0.15) is 0 Å². The van der Waals surface area contributed by atoms with Crippen molar-refractivity contribution >= 4 is 39.3 Å². The van der Waals surface area contributed by atoms with Crippen molar-refractivity contribution in [3.63, 3.8) is 0 Å². The highest BCUT2D eigenvalue weighted by molar-refractivity contribution is 9.10. The molecule has 1 heterocycles. The van der Waals surface area contributed by atoms with Gasteiger partial charge in [-0.05, 0) is 80.3 Å². The van der Waals surface area contributed by atoms with Crippen molar-refractivity contribution in [3.05, 3.63) is 91.7 Å². The summed E-state index contributed by atoms with van der Waals surface area (Å²) in [6, 6.07) is 15.6. The second-order valence-corrected chi connectivity index (χ2v) is 11.1. The molecule has 0 spiro atoms. The van der Waals surface area contributed by atoms with Gasteiger partial charge in [0.05, 0.1) is 5.57 Å². The zero-order chi connectivity index (χ0) is 24.5. The van der Waals surface area contributed by atoms with E-state index >= 15 is 0 Å². The fourth-order valence-electron chi connectivity index (χ4n) is 5.70. The second kappa shape index (κ2) is 10.3. The zero-order valence-corrected chi connectivity index (χ0v) is 22.1. The number of halogens is 2. The second-order valence-electron chi connectivity index (χ2n) is 9.79. The number of hydrogen-bond donors (Lipinski definition) is 1. The minimum Gasteiger partial charge on any atom is -0.459 e. The Balaban J connectivity index is 1.52. The van der Waals surface area contributed by atoms with Crippen LogP contribution >= 0.6 is 27.5 Å². The lowest BCUT2D eigenvalue weighted by atomic mass is 9.71. The molecule has 0 saturated heterocycles. The first kappa shape index (κ1) is 24.3. The van der Waals surface area contributed by atoms with E-state index in [9.17, 15) is 9.59 Å². The van der Waals surface area contributed by atoms with Crippen LogP contribution < -0.4 is 5.32 Å². The number of benzene rings is 2. The number of nitrogens with one attached hydrogen (secondary N) is 1. The van der Waals surface area contributed by atoms with Gasteiger partial charge in [-0.3, -0.25) is 4.79 Å². The lowest BCUT2D eigenvalue weighted by Gasteiger charge is -2.37. The van der Waals surface area contributed by atoms with Crippen LogP contribution in [0.4, 0.5) is 0 Å². The fourth-order valence-corrected chi connectivity index (χ4v) is 6.24. The average Bonchev–Trinajstić information content (AvgIpc) is 2.84. The van der Waals surface area contributed by atoms with E-state index in [0.29, 0.717) is 29.0 Å². The number of dihydropyridines is 1. The lowest BCUT2D eigenvalue weighted by molar-refractivity contribution is -0.146. The van der Waals surface area contributed by atoms with Crippen molar-refractivity contribution in [2.45, 2.75) is 69.8 Å². The lowest BCUT2D eigenvalue weighted by Crippen LogP contribution is -2.37. The Morgan fingerprint density at radius 3 is 2.49 bits per heavy atom. The third-order valence-corrected chi connectivity index (χ3v) is 8.14. The number of ketones is 1. The molecule has 2 aliphatic carbocycles. The van der Waals surface area contributed by atoms with Crippen LogP contribution in [-0.4, -0.2) is 17.9 Å². The Hall–Kier alpha value is -2.37. The number of ether oxygens (including phenoxy) is 1. The SMILES string of the molecule is CC1=C(C(=O)OC2CCCCC2)[C@H](c2cccc(Br)c2)C2=C(C[C@@H](c3ccc(Cl)cc3)CC2=O)N1. The molecule has 2 aromatic rings. The van der Waals surface area contributed by atoms with Gasteiger partial charge >= 0.3 is 5.97 Å². The summed E-state index contributed by atoms with van der Waals surface area (Å²) in [7, 11) is 0. The molecule has 1 saturated carbocycles. The number of carbonyl (C=O) groups excluding carboxylic acids is 2. The van der Waals surface area contributed by atoms with Gasteiger partial charge in [0.2, 0.25) is 0 Å². The highest BCUT2D eigenvalue weighted by Gasteiger charge is 2.42. The minimum absolute atomic E-state index is 0.0496. The zero-order valence-electron chi connectivity index (χ0n) is 19.8. The minimum atomic E-state index is -0.446. The van der Waals surface area contributed by atoms with Crippen LogP contribution in [0.2, 0.25) is 5.02 Å². The highest BCUT2D eigenvalue weighted by Crippen LogP contribution is 2.46. The smallest absolute Gasteiger partial charge is 0.337 e. The topological polar surface area (TPSA) is 55.4 Å². The van der Waals surface area contributed by atoms with E-state index in [1.54, 1.807) is 0 Å². The summed E-state index contributed by atoms with van der Waals surface area (Å²) in [6.07, 6.45) is 6.23. The molecule has 2 atom stereocenters. The van der Waals surface area contributed by atoms with Gasteiger partial charge in [0.15, 0.2) is 5.78 Å². The predicted molar refractivity (Wildman–Crippen MR) is 141 cm³/mol. The Labute approximate surface area is 219 Å². The summed E-state index contributed by atoms with van der Waals surface area (Å²) in [4.78, 5) is 27.3. The van der Waals surface area contributed by atoms with Gasteiger partial charge in [-0.1, -0.05) is 58.2 Å². The Morgan fingerprint density at radius 1 is 1.03 bits per heavy atom. The Morgan fingerprint density at radius 2 is 1.77 bits per heavy atom. The summed E-state index contributed by atoms with van der Waals surface area (Å²) < 4.78 is 6.92. The maximum absolute atomic E-state index is 13.7.